The number of halogens is 1. The number of hydrogen-bond acceptors (Lipinski definition) is 3. The number of fused-ring (bicyclic) bond motifs is 1. The summed E-state index contributed by atoms with van der Waals surface area (Å²) in [6, 6.07) is 16.8. The van der Waals surface area contributed by atoms with Crippen molar-refractivity contribution < 1.29 is 4.79 Å². The molecule has 4 rings (SSSR count). The second-order valence-electron chi connectivity index (χ2n) is 9.67. The van der Waals surface area contributed by atoms with Gasteiger partial charge in [-0.05, 0) is 72.3 Å². The van der Waals surface area contributed by atoms with Crippen molar-refractivity contribution in [2.75, 3.05) is 18.4 Å². The third kappa shape index (κ3) is 5.43. The Bertz CT molecular complexity index is 1100. The van der Waals surface area contributed by atoms with Crippen molar-refractivity contribution in [2.45, 2.75) is 46.6 Å². The Kier molecular flexibility index (Phi) is 7.04. The molecule has 1 unspecified atom stereocenters. The molecule has 1 atom stereocenters. The average molecular weight is 468 g/mol. The molecule has 1 aliphatic rings. The van der Waals surface area contributed by atoms with Gasteiger partial charge in [-0.25, -0.2) is 4.79 Å². The molecule has 1 aromatic heterocycles. The minimum Gasteiger partial charge on any atom is -0.380 e. The highest BCUT2D eigenvalue weighted by Crippen LogP contribution is 2.38. The molecule has 0 fully saturated rings. The zero-order chi connectivity index (χ0) is 22.7. The van der Waals surface area contributed by atoms with Gasteiger partial charge in [0.1, 0.15) is 5.38 Å². The van der Waals surface area contributed by atoms with Crippen LogP contribution in [0.3, 0.4) is 0 Å². The normalized spacial score (nSPS) is 14.6. The topological polar surface area (TPSA) is 41.1 Å². The molecule has 2 aromatic carbocycles. The SMILES string of the molecule is CC(C)(C)CC(=O)[s+]1cccc1-c1ccc(CNc2c(Cl)ccc3c2CCNCC3)cc1. The van der Waals surface area contributed by atoms with Crippen LogP contribution in [0.2, 0.25) is 5.02 Å². The maximum absolute atomic E-state index is 12.8. The van der Waals surface area contributed by atoms with Crippen LogP contribution in [-0.4, -0.2) is 18.2 Å². The third-order valence-electron chi connectivity index (χ3n) is 5.81. The number of rotatable bonds is 6. The molecule has 0 saturated carbocycles. The molecule has 0 radical (unpaired) electrons. The Hall–Kier alpha value is -2.14. The van der Waals surface area contributed by atoms with Crippen molar-refractivity contribution in [2.24, 2.45) is 5.41 Å². The van der Waals surface area contributed by atoms with Crippen LogP contribution in [0.4, 0.5) is 5.69 Å². The van der Waals surface area contributed by atoms with Gasteiger partial charge in [0.25, 0.3) is 0 Å². The smallest absolute Gasteiger partial charge is 0.356 e. The van der Waals surface area contributed by atoms with Gasteiger partial charge in [0.05, 0.1) is 27.6 Å². The van der Waals surface area contributed by atoms with Crippen molar-refractivity contribution in [3.05, 3.63) is 75.6 Å². The van der Waals surface area contributed by atoms with Gasteiger partial charge in [0, 0.05) is 18.2 Å². The number of nitrogens with one attached hydrogen (secondary N) is 2. The van der Waals surface area contributed by atoms with Gasteiger partial charge < -0.3 is 10.6 Å². The molecule has 168 valence electrons. The fraction of sp³-hybridized carbons (Fsp3) is 0.370. The van der Waals surface area contributed by atoms with Crippen LogP contribution in [0, 0.1) is 5.41 Å². The molecule has 0 amide bonds. The number of anilines is 1. The first-order chi connectivity index (χ1) is 15.3. The summed E-state index contributed by atoms with van der Waals surface area (Å²) in [7, 11) is -0.451. The van der Waals surface area contributed by atoms with Gasteiger partial charge in [-0.3, -0.25) is 0 Å². The Morgan fingerprint density at radius 1 is 1.06 bits per heavy atom. The highest BCUT2D eigenvalue weighted by Gasteiger charge is 2.28. The predicted octanol–water partition coefficient (Wildman–Crippen LogP) is 7.13. The molecule has 0 spiro atoms. The van der Waals surface area contributed by atoms with Crippen LogP contribution in [0.15, 0.2) is 53.9 Å². The predicted molar refractivity (Wildman–Crippen MR) is 138 cm³/mol. The lowest BCUT2D eigenvalue weighted by Crippen LogP contribution is -2.16. The molecule has 5 heteroatoms. The van der Waals surface area contributed by atoms with E-state index in [1.165, 1.54) is 16.7 Å². The summed E-state index contributed by atoms with van der Waals surface area (Å²) < 4.78 is 0. The van der Waals surface area contributed by atoms with Crippen LogP contribution < -0.4 is 10.6 Å². The number of benzene rings is 2. The molecule has 1 aliphatic heterocycles. The Morgan fingerprint density at radius 3 is 2.56 bits per heavy atom. The summed E-state index contributed by atoms with van der Waals surface area (Å²) >= 11 is 6.56. The number of carbonyl (C=O) groups is 1. The minimum atomic E-state index is -0.451. The number of hydrogen-bond donors (Lipinski definition) is 2. The highest BCUT2D eigenvalue weighted by atomic mass is 35.5. The van der Waals surface area contributed by atoms with Gasteiger partial charge >= 0.3 is 5.12 Å². The van der Waals surface area contributed by atoms with Crippen LogP contribution in [-0.2, 0) is 19.4 Å². The lowest BCUT2D eigenvalue weighted by Gasteiger charge is -2.16. The van der Waals surface area contributed by atoms with Crippen LogP contribution in [0.1, 0.15) is 48.7 Å². The first-order valence-electron chi connectivity index (χ1n) is 11.3. The quantitative estimate of drug-likeness (QED) is 0.379. The molecule has 0 bridgehead atoms. The average Bonchev–Trinajstić information content (AvgIpc) is 3.11. The summed E-state index contributed by atoms with van der Waals surface area (Å²) in [6.07, 6.45) is 2.62. The van der Waals surface area contributed by atoms with Crippen LogP contribution in [0.25, 0.3) is 10.4 Å². The second kappa shape index (κ2) is 9.78. The van der Waals surface area contributed by atoms with Crippen LogP contribution in [0.5, 0.6) is 0 Å². The zero-order valence-electron chi connectivity index (χ0n) is 19.1. The van der Waals surface area contributed by atoms with Gasteiger partial charge in [0.2, 0.25) is 0 Å². The van der Waals surface area contributed by atoms with Gasteiger partial charge in [0.15, 0.2) is 4.88 Å². The summed E-state index contributed by atoms with van der Waals surface area (Å²) in [6.45, 7) is 9.07. The summed E-state index contributed by atoms with van der Waals surface area (Å²) in [5, 5.41) is 10.2. The van der Waals surface area contributed by atoms with E-state index in [1.54, 1.807) is 0 Å². The summed E-state index contributed by atoms with van der Waals surface area (Å²) in [5.74, 6) is 0. The lowest BCUT2D eigenvalue weighted by atomic mass is 9.93. The van der Waals surface area contributed by atoms with E-state index in [2.05, 4.69) is 73.2 Å². The monoisotopic (exact) mass is 467 g/mol. The van der Waals surface area contributed by atoms with Gasteiger partial charge in [-0.15, -0.1) is 0 Å². The van der Waals surface area contributed by atoms with Gasteiger partial charge in [-0.1, -0.05) is 50.6 Å². The van der Waals surface area contributed by atoms with Crippen molar-refractivity contribution in [1.29, 1.82) is 0 Å². The van der Waals surface area contributed by atoms with E-state index in [0.717, 1.165) is 53.6 Å². The van der Waals surface area contributed by atoms with E-state index < -0.39 is 10.5 Å². The fourth-order valence-electron chi connectivity index (χ4n) is 4.20. The fourth-order valence-corrected chi connectivity index (χ4v) is 6.42. The lowest BCUT2D eigenvalue weighted by molar-refractivity contribution is 0.0991. The van der Waals surface area contributed by atoms with Crippen molar-refractivity contribution in [1.82, 2.24) is 5.32 Å². The van der Waals surface area contributed by atoms with E-state index in [4.69, 9.17) is 11.6 Å². The van der Waals surface area contributed by atoms with E-state index in [0.29, 0.717) is 11.5 Å². The molecule has 3 nitrogen and oxygen atoms in total. The molecule has 2 heterocycles. The molecule has 2 N–H and O–H groups in total. The van der Waals surface area contributed by atoms with Crippen molar-refractivity contribution in [3.63, 3.8) is 0 Å². The largest absolute Gasteiger partial charge is 0.380 e. The molecule has 0 saturated heterocycles. The highest BCUT2D eigenvalue weighted by molar-refractivity contribution is 7.52. The summed E-state index contributed by atoms with van der Waals surface area (Å²) in [4.78, 5) is 14.0. The molecule has 0 aliphatic carbocycles. The standard InChI is InChI=1S/C27H32ClN2OS/c1-27(2,3)17-25(31)32-16-4-5-24(32)21-8-6-19(7-9-21)18-30-26-22-13-15-29-14-12-20(22)10-11-23(26)28/h4-11,16,29-30H,12-15,17-18H2,1-3H3/q+1. The van der Waals surface area contributed by atoms with E-state index in [1.807, 2.05) is 12.1 Å². The Labute approximate surface area is 199 Å². The third-order valence-corrected chi connectivity index (χ3v) is 8.03. The van der Waals surface area contributed by atoms with Crippen LogP contribution >= 0.6 is 22.1 Å². The molecular weight excluding hydrogens is 436 g/mol. The number of carbonyl (C=O) groups excluding carboxylic acids is 1. The van der Waals surface area contributed by atoms with E-state index in [-0.39, 0.29) is 5.41 Å². The minimum absolute atomic E-state index is 0.00807. The zero-order valence-corrected chi connectivity index (χ0v) is 20.7. The maximum atomic E-state index is 12.8. The Balaban J connectivity index is 1.49. The van der Waals surface area contributed by atoms with Crippen molar-refractivity contribution >= 4 is 32.9 Å². The molecule has 32 heavy (non-hydrogen) atoms. The second-order valence-corrected chi connectivity index (χ2v) is 11.9. The summed E-state index contributed by atoms with van der Waals surface area (Å²) in [5.41, 5.74) is 6.11. The van der Waals surface area contributed by atoms with E-state index in [9.17, 15) is 4.79 Å². The Morgan fingerprint density at radius 2 is 1.81 bits per heavy atom. The van der Waals surface area contributed by atoms with Gasteiger partial charge in [-0.2, -0.15) is 0 Å². The number of thiophene rings is 1. The van der Waals surface area contributed by atoms with E-state index >= 15 is 0 Å². The molecular formula is C27H32ClN2OS+. The maximum Gasteiger partial charge on any atom is 0.356 e. The van der Waals surface area contributed by atoms with Crippen molar-refractivity contribution in [3.8, 4) is 10.4 Å². The molecule has 3 aromatic rings. The first-order valence-corrected chi connectivity index (χ1v) is 13.0. The first kappa shape index (κ1) is 23.0.